The number of anilines is 1. The molecule has 0 spiro atoms. The molecule has 3 heterocycles. The van der Waals surface area contributed by atoms with E-state index in [1.165, 1.54) is 0 Å². The third-order valence-corrected chi connectivity index (χ3v) is 8.93. The Balaban J connectivity index is 1.30. The van der Waals surface area contributed by atoms with Crippen LogP contribution in [0.5, 0.6) is 0 Å². The van der Waals surface area contributed by atoms with Crippen molar-refractivity contribution in [2.24, 2.45) is 4.99 Å². The average molecular weight is 564 g/mol. The number of hydrogen-bond acceptors (Lipinski definition) is 6. The minimum absolute atomic E-state index is 0.0313. The minimum Gasteiger partial charge on any atom is -0.399 e. The second-order valence-corrected chi connectivity index (χ2v) is 12.4. The molecule has 3 aromatic carbocycles. The lowest BCUT2D eigenvalue weighted by atomic mass is 9.77. The molecule has 3 aliphatic rings. The van der Waals surface area contributed by atoms with E-state index >= 15 is 0 Å². The van der Waals surface area contributed by atoms with Gasteiger partial charge in [0.2, 0.25) is 5.91 Å². The van der Waals surface area contributed by atoms with E-state index in [0.717, 1.165) is 48.5 Å². The molecule has 1 N–H and O–H groups in total. The highest BCUT2D eigenvalue weighted by Crippen LogP contribution is 2.39. The first-order valence-electron chi connectivity index (χ1n) is 14.5. The first-order chi connectivity index (χ1) is 20.0. The van der Waals surface area contributed by atoms with Crippen LogP contribution in [-0.2, 0) is 14.1 Å². The second-order valence-electron chi connectivity index (χ2n) is 12.4. The van der Waals surface area contributed by atoms with Gasteiger partial charge in [-0.05, 0) is 81.7 Å². The Morgan fingerprint density at radius 1 is 0.881 bits per heavy atom. The van der Waals surface area contributed by atoms with Gasteiger partial charge in [-0.1, -0.05) is 42.5 Å². The number of aliphatic imine (C=N–C) groups is 1. The Hall–Kier alpha value is -3.79. The van der Waals surface area contributed by atoms with Crippen LogP contribution in [0.3, 0.4) is 0 Å². The number of rotatable bonds is 5. The molecule has 0 saturated carbocycles. The van der Waals surface area contributed by atoms with Crippen LogP contribution in [0.1, 0.15) is 55.1 Å². The lowest BCUT2D eigenvalue weighted by molar-refractivity contribution is -0.115. The Kier molecular flexibility index (Phi) is 7.29. The Morgan fingerprint density at radius 2 is 1.52 bits per heavy atom. The first-order valence-corrected chi connectivity index (χ1v) is 14.5. The van der Waals surface area contributed by atoms with Crippen molar-refractivity contribution in [3.8, 4) is 0 Å². The maximum Gasteiger partial charge on any atom is 0.494 e. The van der Waals surface area contributed by atoms with Gasteiger partial charge in [-0.3, -0.25) is 14.6 Å². The molecule has 2 saturated heterocycles. The summed E-state index contributed by atoms with van der Waals surface area (Å²) in [6.45, 7) is 11.3. The van der Waals surface area contributed by atoms with Crippen LogP contribution in [0.25, 0.3) is 0 Å². The number of nitrogens with zero attached hydrogens (tertiary/aromatic N) is 3. The van der Waals surface area contributed by atoms with E-state index in [9.17, 15) is 9.59 Å². The van der Waals surface area contributed by atoms with Crippen LogP contribution in [-0.4, -0.2) is 78.9 Å². The number of piperazine rings is 1. The van der Waals surface area contributed by atoms with Crippen molar-refractivity contribution in [2.75, 3.05) is 38.5 Å². The van der Waals surface area contributed by atoms with Crippen molar-refractivity contribution in [1.29, 1.82) is 0 Å². The summed E-state index contributed by atoms with van der Waals surface area (Å²) < 4.78 is 12.5. The minimum atomic E-state index is -0.596. The number of benzene rings is 3. The maximum atomic E-state index is 13.5. The van der Waals surface area contributed by atoms with Crippen molar-refractivity contribution in [3.05, 3.63) is 89.5 Å². The third-order valence-electron chi connectivity index (χ3n) is 8.93. The standard InChI is InChI=1S/C33H37BN4O4/c1-32(2)33(3,4)42-34(41-32)24-13-16-26-27(21-24)36-30(39)28(26)29(22-9-7-6-8-10-22)35-25-14-11-23(12-15-25)31(40)38-19-17-37(5)18-20-38/h6-16,21,28H,17-20H2,1-5H3,(H,36,39). The number of carbonyl (C=O) groups excluding carboxylic acids is 2. The van der Waals surface area contributed by atoms with Gasteiger partial charge in [0.1, 0.15) is 5.92 Å². The zero-order valence-corrected chi connectivity index (χ0v) is 24.9. The fourth-order valence-electron chi connectivity index (χ4n) is 5.59. The quantitative estimate of drug-likeness (QED) is 0.371. The number of fused-ring (bicyclic) bond motifs is 1. The molecule has 8 nitrogen and oxygen atoms in total. The fourth-order valence-corrected chi connectivity index (χ4v) is 5.59. The molecular weight excluding hydrogens is 527 g/mol. The van der Waals surface area contributed by atoms with Crippen LogP contribution >= 0.6 is 0 Å². The van der Waals surface area contributed by atoms with E-state index in [1.54, 1.807) is 0 Å². The second kappa shape index (κ2) is 10.8. The molecule has 216 valence electrons. The predicted molar refractivity (Wildman–Crippen MR) is 166 cm³/mol. The van der Waals surface area contributed by atoms with Gasteiger partial charge in [-0.2, -0.15) is 0 Å². The molecule has 42 heavy (non-hydrogen) atoms. The van der Waals surface area contributed by atoms with Crippen molar-refractivity contribution in [3.63, 3.8) is 0 Å². The first kappa shape index (κ1) is 28.3. The zero-order valence-electron chi connectivity index (χ0n) is 24.9. The summed E-state index contributed by atoms with van der Waals surface area (Å²) in [4.78, 5) is 35.7. The van der Waals surface area contributed by atoms with E-state index in [-0.39, 0.29) is 11.8 Å². The lowest BCUT2D eigenvalue weighted by Crippen LogP contribution is -2.47. The lowest BCUT2D eigenvalue weighted by Gasteiger charge is -2.32. The van der Waals surface area contributed by atoms with E-state index in [4.69, 9.17) is 14.3 Å². The Morgan fingerprint density at radius 3 is 2.17 bits per heavy atom. The van der Waals surface area contributed by atoms with Crippen LogP contribution < -0.4 is 10.8 Å². The normalized spacial score (nSPS) is 21.8. The number of likely N-dealkylation sites (N-methyl/N-ethyl adjacent to an activating group) is 1. The summed E-state index contributed by atoms with van der Waals surface area (Å²) in [6.07, 6.45) is 0. The van der Waals surface area contributed by atoms with E-state index in [2.05, 4.69) is 17.3 Å². The van der Waals surface area contributed by atoms with Gasteiger partial charge in [0, 0.05) is 37.4 Å². The van der Waals surface area contributed by atoms with Gasteiger partial charge in [-0.25, -0.2) is 0 Å². The number of amides is 2. The number of nitrogens with one attached hydrogen (secondary N) is 1. The third kappa shape index (κ3) is 5.28. The van der Waals surface area contributed by atoms with Crippen molar-refractivity contribution in [1.82, 2.24) is 9.80 Å². The summed E-state index contributed by atoms with van der Waals surface area (Å²) >= 11 is 0. The van der Waals surface area contributed by atoms with Crippen molar-refractivity contribution in [2.45, 2.75) is 44.8 Å². The molecule has 1 unspecified atom stereocenters. The summed E-state index contributed by atoms with van der Waals surface area (Å²) in [5, 5.41) is 3.07. The van der Waals surface area contributed by atoms with Crippen molar-refractivity contribution < 1.29 is 18.9 Å². The van der Waals surface area contributed by atoms with E-state index in [0.29, 0.717) is 17.0 Å². The largest absolute Gasteiger partial charge is 0.494 e. The molecule has 0 aromatic heterocycles. The highest BCUT2D eigenvalue weighted by atomic mass is 16.7. The molecule has 0 bridgehead atoms. The molecule has 3 aromatic rings. The Labute approximate surface area is 247 Å². The summed E-state index contributed by atoms with van der Waals surface area (Å²) in [6, 6.07) is 23.0. The van der Waals surface area contributed by atoms with E-state index in [1.807, 2.05) is 105 Å². The molecular formula is C33H37BN4O4. The Bertz CT molecular complexity index is 1510. The van der Waals surface area contributed by atoms with Gasteiger partial charge < -0.3 is 24.4 Å². The number of hydrogen-bond donors (Lipinski definition) is 1. The molecule has 1 atom stereocenters. The molecule has 2 amide bonds. The molecule has 0 radical (unpaired) electrons. The van der Waals surface area contributed by atoms with Gasteiger partial charge in [0.15, 0.2) is 0 Å². The molecule has 6 rings (SSSR count). The molecule has 3 aliphatic heterocycles. The fraction of sp³-hybridized carbons (Fsp3) is 0.364. The van der Waals surface area contributed by atoms with Crippen LogP contribution in [0, 0.1) is 0 Å². The average Bonchev–Trinajstić information content (AvgIpc) is 3.42. The number of carbonyl (C=O) groups is 2. The SMILES string of the molecule is CN1CCN(C(=O)c2ccc(N=C(c3ccccc3)C3C(=O)Nc4cc(B5OC(C)(C)C(C)(C)O5)ccc43)cc2)CC1. The summed E-state index contributed by atoms with van der Waals surface area (Å²) in [5.74, 6) is -0.703. The van der Waals surface area contributed by atoms with Crippen molar-refractivity contribution >= 4 is 41.5 Å². The van der Waals surface area contributed by atoms with E-state index < -0.39 is 24.2 Å². The van der Waals surface area contributed by atoms with Gasteiger partial charge in [0.25, 0.3) is 5.91 Å². The van der Waals surface area contributed by atoms with Gasteiger partial charge in [-0.15, -0.1) is 0 Å². The highest BCUT2D eigenvalue weighted by Gasteiger charge is 2.52. The van der Waals surface area contributed by atoms with Gasteiger partial charge >= 0.3 is 7.12 Å². The smallest absolute Gasteiger partial charge is 0.399 e. The topological polar surface area (TPSA) is 83.5 Å². The predicted octanol–water partition coefficient (Wildman–Crippen LogP) is 4.23. The molecule has 2 fully saturated rings. The highest BCUT2D eigenvalue weighted by molar-refractivity contribution is 6.62. The van der Waals surface area contributed by atoms with Crippen LogP contribution in [0.15, 0.2) is 77.8 Å². The zero-order chi connectivity index (χ0) is 29.6. The maximum absolute atomic E-state index is 13.5. The molecule has 0 aliphatic carbocycles. The van der Waals surface area contributed by atoms with Crippen LogP contribution in [0.4, 0.5) is 11.4 Å². The monoisotopic (exact) mass is 564 g/mol. The van der Waals surface area contributed by atoms with Gasteiger partial charge in [0.05, 0.1) is 22.6 Å². The summed E-state index contributed by atoms with van der Waals surface area (Å²) in [5.41, 5.74) is 4.34. The molecule has 9 heteroatoms. The van der Waals surface area contributed by atoms with Crippen LogP contribution in [0.2, 0.25) is 0 Å². The summed E-state index contributed by atoms with van der Waals surface area (Å²) in [7, 11) is 1.55.